The summed E-state index contributed by atoms with van der Waals surface area (Å²) in [5, 5.41) is 10.5. The van der Waals surface area contributed by atoms with Crippen LogP contribution in [0.1, 0.15) is 28.3 Å². The van der Waals surface area contributed by atoms with Crippen molar-refractivity contribution in [3.05, 3.63) is 56.5 Å². The highest BCUT2D eigenvalue weighted by atomic mass is 32.1. The van der Waals surface area contributed by atoms with Crippen LogP contribution in [0.4, 0.5) is 10.5 Å². The third kappa shape index (κ3) is 3.43. The van der Waals surface area contributed by atoms with Crippen LogP contribution in [-0.2, 0) is 21.5 Å². The minimum absolute atomic E-state index is 0.327. The molecular formula is C22H20N4O3S2. The van der Waals surface area contributed by atoms with E-state index in [1.807, 2.05) is 41.9 Å². The number of imide groups is 1. The van der Waals surface area contributed by atoms with Crippen LogP contribution in [0.3, 0.4) is 0 Å². The highest BCUT2D eigenvalue weighted by molar-refractivity contribution is 7.10. The zero-order valence-corrected chi connectivity index (χ0v) is 18.4. The molecule has 3 aromatic rings. The van der Waals surface area contributed by atoms with E-state index in [-0.39, 0.29) is 12.5 Å². The Labute approximate surface area is 187 Å². The number of carbonyl (C=O) groups excluding carboxylic acids is 3. The summed E-state index contributed by atoms with van der Waals surface area (Å²) < 4.78 is 0. The topological polar surface area (TPSA) is 91.4 Å². The molecule has 2 aromatic heterocycles. The quantitative estimate of drug-likeness (QED) is 0.588. The van der Waals surface area contributed by atoms with Crippen LogP contribution < -0.4 is 10.6 Å². The molecule has 1 aliphatic heterocycles. The van der Waals surface area contributed by atoms with E-state index in [4.69, 9.17) is 0 Å². The molecule has 2 aliphatic rings. The maximum atomic E-state index is 13.2. The van der Waals surface area contributed by atoms with Gasteiger partial charge in [0.25, 0.3) is 5.91 Å². The molecular weight excluding hydrogens is 432 g/mol. The van der Waals surface area contributed by atoms with Crippen molar-refractivity contribution in [1.82, 2.24) is 15.2 Å². The molecule has 1 atom stereocenters. The molecule has 2 N–H and O–H groups in total. The minimum atomic E-state index is -1.03. The number of aryl methyl sites for hydroxylation is 2. The first kappa shape index (κ1) is 19.9. The molecule has 1 aliphatic carbocycles. The van der Waals surface area contributed by atoms with E-state index in [0.29, 0.717) is 12.1 Å². The van der Waals surface area contributed by atoms with Gasteiger partial charge in [0.1, 0.15) is 12.1 Å². The molecule has 158 valence electrons. The van der Waals surface area contributed by atoms with Gasteiger partial charge < -0.3 is 10.6 Å². The van der Waals surface area contributed by atoms with Crippen LogP contribution >= 0.6 is 22.7 Å². The number of anilines is 1. The molecule has 0 saturated carbocycles. The lowest BCUT2D eigenvalue weighted by molar-refractivity contribution is -0.134. The van der Waals surface area contributed by atoms with Gasteiger partial charge in [-0.1, -0.05) is 12.1 Å². The summed E-state index contributed by atoms with van der Waals surface area (Å²) in [4.78, 5) is 45.2. The number of aromatic nitrogens is 1. The predicted octanol–water partition coefficient (Wildman–Crippen LogP) is 3.90. The first-order valence-electron chi connectivity index (χ1n) is 10.00. The van der Waals surface area contributed by atoms with Crippen molar-refractivity contribution in [1.29, 1.82) is 0 Å². The third-order valence-corrected chi connectivity index (χ3v) is 7.45. The lowest BCUT2D eigenvalue weighted by Gasteiger charge is -2.31. The molecule has 0 bridgehead atoms. The third-order valence-electron chi connectivity index (χ3n) is 5.70. The maximum absolute atomic E-state index is 13.2. The number of urea groups is 1. The summed E-state index contributed by atoms with van der Waals surface area (Å²) in [6.07, 6.45) is 2.28. The summed E-state index contributed by atoms with van der Waals surface area (Å²) in [6, 6.07) is 8.75. The Kier molecular flexibility index (Phi) is 4.86. The standard InChI is InChI=1S/C22H20N4O3S2/c1-13-23-17(12-31-13)14-4-2-5-15(10-14)24-19(27)11-26-20(28)22(25-21(26)29)8-3-6-18-16(22)7-9-30-18/h2,4-5,7,9-10,12H,3,6,8,11H2,1H3,(H,24,27)(H,25,29)/t22-/m0/s1. The number of carbonyl (C=O) groups is 3. The number of benzene rings is 1. The molecule has 1 spiro atoms. The molecule has 5 rings (SSSR count). The van der Waals surface area contributed by atoms with Crippen molar-refractivity contribution in [3.63, 3.8) is 0 Å². The molecule has 7 nitrogen and oxygen atoms in total. The average Bonchev–Trinajstić information content (AvgIpc) is 3.45. The van der Waals surface area contributed by atoms with E-state index in [1.54, 1.807) is 28.7 Å². The Bertz CT molecular complexity index is 1200. The number of thiophene rings is 1. The number of nitrogens with one attached hydrogen (secondary N) is 2. The predicted molar refractivity (Wildman–Crippen MR) is 120 cm³/mol. The molecule has 4 amide bonds. The zero-order chi connectivity index (χ0) is 21.6. The van der Waals surface area contributed by atoms with E-state index < -0.39 is 17.5 Å². The molecule has 3 heterocycles. The molecule has 1 fully saturated rings. The number of thiazole rings is 1. The molecule has 0 radical (unpaired) electrons. The van der Waals surface area contributed by atoms with Gasteiger partial charge in [0, 0.05) is 27.1 Å². The van der Waals surface area contributed by atoms with Gasteiger partial charge in [-0.15, -0.1) is 22.7 Å². The van der Waals surface area contributed by atoms with E-state index in [9.17, 15) is 14.4 Å². The first-order valence-corrected chi connectivity index (χ1v) is 11.8. The summed E-state index contributed by atoms with van der Waals surface area (Å²) in [5.41, 5.74) is 2.17. The van der Waals surface area contributed by atoms with Crippen molar-refractivity contribution in [2.45, 2.75) is 31.7 Å². The second-order valence-corrected chi connectivity index (χ2v) is 9.78. The summed E-state index contributed by atoms with van der Waals surface area (Å²) in [6.45, 7) is 1.61. The Balaban J connectivity index is 1.32. The van der Waals surface area contributed by atoms with Gasteiger partial charge >= 0.3 is 6.03 Å². The smallest absolute Gasteiger partial charge is 0.325 e. The fraction of sp³-hybridized carbons (Fsp3) is 0.273. The van der Waals surface area contributed by atoms with Gasteiger partial charge in [-0.05, 0) is 49.8 Å². The molecule has 31 heavy (non-hydrogen) atoms. The first-order chi connectivity index (χ1) is 15.0. The lowest BCUT2D eigenvalue weighted by Crippen LogP contribution is -2.46. The Hall–Kier alpha value is -3.04. The van der Waals surface area contributed by atoms with E-state index in [1.165, 1.54) is 0 Å². The number of hydrogen-bond donors (Lipinski definition) is 2. The molecule has 1 saturated heterocycles. The van der Waals surface area contributed by atoms with Crippen LogP contribution in [-0.4, -0.2) is 34.3 Å². The van der Waals surface area contributed by atoms with Gasteiger partial charge in [0.05, 0.1) is 10.7 Å². The van der Waals surface area contributed by atoms with Crippen LogP contribution in [0.5, 0.6) is 0 Å². The average molecular weight is 453 g/mol. The van der Waals surface area contributed by atoms with Gasteiger partial charge in [-0.3, -0.25) is 14.5 Å². The highest BCUT2D eigenvalue weighted by Gasteiger charge is 2.54. The Morgan fingerprint density at radius 3 is 2.97 bits per heavy atom. The van der Waals surface area contributed by atoms with E-state index in [2.05, 4.69) is 15.6 Å². The van der Waals surface area contributed by atoms with Gasteiger partial charge in [-0.2, -0.15) is 0 Å². The van der Waals surface area contributed by atoms with Gasteiger partial charge in [0.15, 0.2) is 0 Å². The molecule has 9 heteroatoms. The molecule has 0 unspecified atom stereocenters. The summed E-state index contributed by atoms with van der Waals surface area (Å²) >= 11 is 3.16. The molecule has 1 aromatic carbocycles. The van der Waals surface area contributed by atoms with Crippen molar-refractivity contribution >= 4 is 46.2 Å². The minimum Gasteiger partial charge on any atom is -0.325 e. The number of rotatable bonds is 4. The number of hydrogen-bond acceptors (Lipinski definition) is 6. The number of fused-ring (bicyclic) bond motifs is 2. The summed E-state index contributed by atoms with van der Waals surface area (Å²) in [5.74, 6) is -0.771. The normalized spacial score (nSPS) is 20.1. The maximum Gasteiger partial charge on any atom is 0.325 e. The highest BCUT2D eigenvalue weighted by Crippen LogP contribution is 2.42. The fourth-order valence-electron chi connectivity index (χ4n) is 4.28. The van der Waals surface area contributed by atoms with E-state index in [0.717, 1.165) is 44.4 Å². The van der Waals surface area contributed by atoms with Crippen LogP contribution in [0.15, 0.2) is 41.1 Å². The lowest BCUT2D eigenvalue weighted by atomic mass is 9.80. The second kappa shape index (κ2) is 7.58. The van der Waals surface area contributed by atoms with Crippen LogP contribution in [0.25, 0.3) is 11.3 Å². The van der Waals surface area contributed by atoms with E-state index >= 15 is 0 Å². The monoisotopic (exact) mass is 452 g/mol. The Morgan fingerprint density at radius 1 is 1.29 bits per heavy atom. The van der Waals surface area contributed by atoms with Crippen LogP contribution in [0, 0.1) is 6.92 Å². The number of amides is 4. The summed E-state index contributed by atoms with van der Waals surface area (Å²) in [7, 11) is 0. The number of nitrogens with zero attached hydrogens (tertiary/aromatic N) is 2. The van der Waals surface area contributed by atoms with Gasteiger partial charge in [-0.25, -0.2) is 9.78 Å². The Morgan fingerprint density at radius 2 is 2.16 bits per heavy atom. The second-order valence-electron chi connectivity index (χ2n) is 7.72. The largest absolute Gasteiger partial charge is 0.325 e. The van der Waals surface area contributed by atoms with Gasteiger partial charge in [0.2, 0.25) is 5.91 Å². The van der Waals surface area contributed by atoms with Crippen LogP contribution in [0.2, 0.25) is 0 Å². The van der Waals surface area contributed by atoms with Crippen molar-refractivity contribution < 1.29 is 14.4 Å². The van der Waals surface area contributed by atoms with Crippen molar-refractivity contribution in [3.8, 4) is 11.3 Å². The van der Waals surface area contributed by atoms with Crippen molar-refractivity contribution in [2.24, 2.45) is 0 Å². The zero-order valence-electron chi connectivity index (χ0n) is 16.8. The van der Waals surface area contributed by atoms with Crippen molar-refractivity contribution in [2.75, 3.05) is 11.9 Å². The SMILES string of the molecule is Cc1nc(-c2cccc(NC(=O)CN3C(=O)N[C@]4(CCCc5sccc54)C3=O)c2)cs1. The fourth-order valence-corrected chi connectivity index (χ4v) is 5.90.